The Kier molecular flexibility index (Phi) is 5.38. The molecule has 0 radical (unpaired) electrons. The average molecular weight is 225 g/mol. The van der Waals surface area contributed by atoms with Crippen LogP contribution in [-0.4, -0.2) is 0 Å². The number of allylic oxidation sites excluding steroid dienone is 6. The highest BCUT2D eigenvalue weighted by atomic mass is 16.2. The summed E-state index contributed by atoms with van der Waals surface area (Å²) >= 11 is 0. The van der Waals surface area contributed by atoms with Crippen LogP contribution in [0.2, 0.25) is 0 Å². The first kappa shape index (κ1) is 12.8. The molecule has 1 rings (SSSR count). The predicted octanol–water partition coefficient (Wildman–Crippen LogP) is 4.48. The van der Waals surface area contributed by atoms with Crippen molar-refractivity contribution < 1.29 is 0 Å². The van der Waals surface area contributed by atoms with Gasteiger partial charge in [-0.15, -0.1) is 4.91 Å². The third-order valence-corrected chi connectivity index (χ3v) is 2.27. The molecule has 0 aliphatic heterocycles. The Morgan fingerprint density at radius 2 is 2.00 bits per heavy atom. The van der Waals surface area contributed by atoms with Crippen molar-refractivity contribution >= 4 is 5.57 Å². The lowest BCUT2D eigenvalue weighted by Crippen LogP contribution is -1.86. The minimum absolute atomic E-state index is 0.772. The Hall–Kier alpha value is -2.22. The summed E-state index contributed by atoms with van der Waals surface area (Å²) in [5, 5.41) is 2.86. The number of nitrogens with zero attached hydrogens (tertiary/aromatic N) is 1. The monoisotopic (exact) mass is 225 g/mol. The molecule has 17 heavy (non-hydrogen) atoms. The summed E-state index contributed by atoms with van der Waals surface area (Å²) in [5.41, 5.74) is 2.59. The molecular weight excluding hydrogens is 210 g/mol. The van der Waals surface area contributed by atoms with Crippen LogP contribution in [0.4, 0.5) is 0 Å². The van der Waals surface area contributed by atoms with Gasteiger partial charge in [-0.2, -0.15) is 0 Å². The molecule has 0 spiro atoms. The molecule has 0 amide bonds. The highest BCUT2D eigenvalue weighted by Gasteiger charge is 2.04. The van der Waals surface area contributed by atoms with Gasteiger partial charge in [0.15, 0.2) is 0 Å². The lowest BCUT2D eigenvalue weighted by atomic mass is 9.98. The molecule has 0 aliphatic carbocycles. The van der Waals surface area contributed by atoms with Gasteiger partial charge in [0.05, 0.1) is 6.20 Å². The maximum atomic E-state index is 10.5. The molecule has 0 aliphatic rings. The van der Waals surface area contributed by atoms with E-state index in [1.165, 1.54) is 6.20 Å². The van der Waals surface area contributed by atoms with Gasteiger partial charge >= 0.3 is 0 Å². The van der Waals surface area contributed by atoms with E-state index in [1.54, 1.807) is 6.08 Å². The third-order valence-electron chi connectivity index (χ3n) is 2.27. The van der Waals surface area contributed by atoms with Gasteiger partial charge in [-0.05, 0) is 23.2 Å². The van der Waals surface area contributed by atoms with Crippen LogP contribution in [0.25, 0.3) is 5.57 Å². The predicted molar refractivity (Wildman–Crippen MR) is 73.3 cm³/mol. The number of hydrogen-bond donors (Lipinski definition) is 0. The molecule has 0 fully saturated rings. The first-order valence-corrected chi connectivity index (χ1v) is 5.37. The van der Waals surface area contributed by atoms with Crippen molar-refractivity contribution in [1.29, 1.82) is 0 Å². The molecule has 0 atom stereocenters. The van der Waals surface area contributed by atoms with Crippen LogP contribution in [0.5, 0.6) is 0 Å². The van der Waals surface area contributed by atoms with Crippen molar-refractivity contribution in [3.63, 3.8) is 0 Å². The van der Waals surface area contributed by atoms with Crippen molar-refractivity contribution in [1.82, 2.24) is 0 Å². The molecule has 0 saturated carbocycles. The van der Waals surface area contributed by atoms with Gasteiger partial charge < -0.3 is 0 Å². The van der Waals surface area contributed by atoms with E-state index in [1.807, 2.05) is 55.5 Å². The second-order valence-electron chi connectivity index (χ2n) is 3.37. The lowest BCUT2D eigenvalue weighted by Gasteiger charge is -2.06. The first-order chi connectivity index (χ1) is 8.33. The SMILES string of the molecule is C=CC(=C\C=C/C)/C(=C/N=O)c1ccccc1. The Labute approximate surface area is 102 Å². The van der Waals surface area contributed by atoms with Gasteiger partial charge in [0.2, 0.25) is 0 Å². The fourth-order valence-corrected chi connectivity index (χ4v) is 1.45. The van der Waals surface area contributed by atoms with Crippen molar-refractivity contribution in [3.05, 3.63) is 83.5 Å². The van der Waals surface area contributed by atoms with Crippen molar-refractivity contribution in [2.75, 3.05) is 0 Å². The van der Waals surface area contributed by atoms with E-state index >= 15 is 0 Å². The molecule has 0 bridgehead atoms. The number of nitroso groups, excluding NO2 is 1. The van der Waals surface area contributed by atoms with Gasteiger partial charge in [-0.3, -0.25) is 0 Å². The fourth-order valence-electron chi connectivity index (χ4n) is 1.45. The highest BCUT2D eigenvalue weighted by Crippen LogP contribution is 2.23. The fraction of sp³-hybridized carbons (Fsp3) is 0.0667. The zero-order chi connectivity index (χ0) is 12.5. The quantitative estimate of drug-likeness (QED) is 0.536. The molecule has 0 saturated heterocycles. The topological polar surface area (TPSA) is 29.4 Å². The minimum atomic E-state index is 0.772. The Morgan fingerprint density at radius 3 is 2.53 bits per heavy atom. The summed E-state index contributed by atoms with van der Waals surface area (Å²) in [6, 6.07) is 9.64. The van der Waals surface area contributed by atoms with Gasteiger partial charge in [0.1, 0.15) is 0 Å². The zero-order valence-corrected chi connectivity index (χ0v) is 9.84. The van der Waals surface area contributed by atoms with Crippen LogP contribution in [0.3, 0.4) is 0 Å². The first-order valence-electron chi connectivity index (χ1n) is 5.37. The van der Waals surface area contributed by atoms with E-state index in [-0.39, 0.29) is 0 Å². The average Bonchev–Trinajstić information content (AvgIpc) is 2.39. The maximum absolute atomic E-state index is 10.5. The summed E-state index contributed by atoms with van der Waals surface area (Å²) in [6.45, 7) is 5.69. The Balaban J connectivity index is 3.23. The molecule has 2 heteroatoms. The molecule has 0 N–H and O–H groups in total. The molecule has 1 aromatic carbocycles. The molecule has 0 heterocycles. The number of rotatable bonds is 5. The van der Waals surface area contributed by atoms with Gasteiger partial charge in [-0.1, -0.05) is 61.2 Å². The van der Waals surface area contributed by atoms with Crippen molar-refractivity contribution in [2.45, 2.75) is 6.92 Å². The van der Waals surface area contributed by atoms with Crippen LogP contribution in [0.1, 0.15) is 12.5 Å². The molecular formula is C15H15NO. The summed E-state index contributed by atoms with van der Waals surface area (Å²) in [4.78, 5) is 10.5. The van der Waals surface area contributed by atoms with E-state index in [0.717, 1.165) is 16.7 Å². The van der Waals surface area contributed by atoms with E-state index in [9.17, 15) is 4.91 Å². The summed E-state index contributed by atoms with van der Waals surface area (Å²) in [6.07, 6.45) is 8.74. The van der Waals surface area contributed by atoms with Crippen molar-refractivity contribution in [3.8, 4) is 0 Å². The van der Waals surface area contributed by atoms with Crippen molar-refractivity contribution in [2.24, 2.45) is 5.18 Å². The maximum Gasteiger partial charge on any atom is 0.0799 e. The van der Waals surface area contributed by atoms with E-state index in [2.05, 4.69) is 11.8 Å². The standard InChI is InChI=1S/C15H15NO/c1-3-5-9-13(4-2)15(12-16-17)14-10-7-6-8-11-14/h3-12H,2H2,1H3/b5-3-,13-9+,15-12-. The second kappa shape index (κ2) is 7.12. The largest absolute Gasteiger partial charge is 0.145 e. The number of benzene rings is 1. The van der Waals surface area contributed by atoms with Gasteiger partial charge in [0.25, 0.3) is 0 Å². The smallest absolute Gasteiger partial charge is 0.0799 e. The van der Waals surface area contributed by atoms with Gasteiger partial charge in [-0.25, -0.2) is 0 Å². The summed E-state index contributed by atoms with van der Waals surface area (Å²) < 4.78 is 0. The molecule has 0 aromatic heterocycles. The Morgan fingerprint density at radius 1 is 1.29 bits per heavy atom. The highest BCUT2D eigenvalue weighted by molar-refractivity contribution is 5.81. The van der Waals surface area contributed by atoms with E-state index in [4.69, 9.17) is 0 Å². The molecule has 0 unspecified atom stereocenters. The van der Waals surface area contributed by atoms with Gasteiger partial charge in [0, 0.05) is 5.57 Å². The van der Waals surface area contributed by atoms with Crippen LogP contribution < -0.4 is 0 Å². The van der Waals surface area contributed by atoms with Crippen LogP contribution in [0.15, 0.2) is 78.2 Å². The Bertz CT molecular complexity index is 467. The third kappa shape index (κ3) is 3.68. The van der Waals surface area contributed by atoms with Crippen LogP contribution in [0, 0.1) is 4.91 Å². The normalized spacial score (nSPS) is 12.8. The zero-order valence-electron chi connectivity index (χ0n) is 9.84. The summed E-state index contributed by atoms with van der Waals surface area (Å²) in [5.74, 6) is 0. The van der Waals surface area contributed by atoms with Crippen LogP contribution in [-0.2, 0) is 0 Å². The summed E-state index contributed by atoms with van der Waals surface area (Å²) in [7, 11) is 0. The number of hydrogen-bond acceptors (Lipinski definition) is 2. The molecule has 1 aromatic rings. The van der Waals surface area contributed by atoms with Crippen LogP contribution >= 0.6 is 0 Å². The molecule has 86 valence electrons. The molecule has 2 nitrogen and oxygen atoms in total. The van der Waals surface area contributed by atoms with E-state index < -0.39 is 0 Å². The minimum Gasteiger partial charge on any atom is -0.145 e. The lowest BCUT2D eigenvalue weighted by molar-refractivity contribution is 1.49. The second-order valence-corrected chi connectivity index (χ2v) is 3.37. The van der Waals surface area contributed by atoms with E-state index in [0.29, 0.717) is 0 Å².